The van der Waals surface area contributed by atoms with Crippen LogP contribution in [-0.2, 0) is 5.41 Å². The zero-order valence-electron chi connectivity index (χ0n) is 13.1. The van der Waals surface area contributed by atoms with E-state index in [1.54, 1.807) is 11.8 Å². The summed E-state index contributed by atoms with van der Waals surface area (Å²) in [6.45, 7) is 8.54. The van der Waals surface area contributed by atoms with Crippen molar-refractivity contribution in [1.29, 1.82) is 0 Å². The average Bonchev–Trinajstić information content (AvgIpc) is 2.46. The van der Waals surface area contributed by atoms with Crippen LogP contribution in [0.15, 0.2) is 58.3 Å². The first kappa shape index (κ1) is 15.8. The summed E-state index contributed by atoms with van der Waals surface area (Å²) >= 11 is 1.66. The van der Waals surface area contributed by atoms with Gasteiger partial charge in [0.1, 0.15) is 0 Å². The largest absolute Gasteiger partial charge is 0.294 e. The molecular weight excluding hydrogens is 276 g/mol. The van der Waals surface area contributed by atoms with Crippen molar-refractivity contribution in [2.75, 3.05) is 0 Å². The highest BCUT2D eigenvalue weighted by Gasteiger charge is 2.14. The molecule has 0 radical (unpaired) electrons. The Morgan fingerprint density at radius 3 is 2.19 bits per heavy atom. The quantitative estimate of drug-likeness (QED) is 0.671. The summed E-state index contributed by atoms with van der Waals surface area (Å²) in [6.07, 6.45) is 0.542. The second-order valence-corrected chi connectivity index (χ2v) is 7.26. The molecule has 2 rings (SSSR count). The second-order valence-electron chi connectivity index (χ2n) is 6.15. The Hall–Kier alpha value is -1.54. The lowest BCUT2D eigenvalue weighted by Crippen LogP contribution is -2.10. The molecule has 0 N–H and O–H groups in total. The van der Waals surface area contributed by atoms with Crippen LogP contribution >= 0.6 is 11.8 Å². The van der Waals surface area contributed by atoms with Gasteiger partial charge in [-0.25, -0.2) is 0 Å². The van der Waals surface area contributed by atoms with Crippen molar-refractivity contribution in [2.24, 2.45) is 0 Å². The van der Waals surface area contributed by atoms with Crippen LogP contribution in [0.4, 0.5) is 0 Å². The molecular formula is C19H22OS. The van der Waals surface area contributed by atoms with E-state index in [-0.39, 0.29) is 11.2 Å². The van der Waals surface area contributed by atoms with E-state index >= 15 is 0 Å². The summed E-state index contributed by atoms with van der Waals surface area (Å²) in [5, 5.41) is 0. The standard InChI is InChI=1S/C19H22OS/c1-5-17(20)16-8-6-7-9-18(16)21-15-12-10-14(11-13-15)19(2,3)4/h6-13H,5H2,1-4H3. The molecule has 0 heterocycles. The highest BCUT2D eigenvalue weighted by Crippen LogP contribution is 2.32. The van der Waals surface area contributed by atoms with Gasteiger partial charge in [-0.1, -0.05) is 69.8 Å². The Bertz CT molecular complexity index is 621. The number of benzene rings is 2. The van der Waals surface area contributed by atoms with Gasteiger partial charge in [-0.15, -0.1) is 0 Å². The molecule has 0 unspecified atom stereocenters. The molecule has 0 amide bonds. The highest BCUT2D eigenvalue weighted by molar-refractivity contribution is 7.99. The third-order valence-corrected chi connectivity index (χ3v) is 4.54. The molecule has 2 aromatic carbocycles. The van der Waals surface area contributed by atoms with E-state index in [1.807, 2.05) is 31.2 Å². The van der Waals surface area contributed by atoms with Gasteiger partial charge in [-0.3, -0.25) is 4.79 Å². The third-order valence-electron chi connectivity index (χ3n) is 3.46. The highest BCUT2D eigenvalue weighted by atomic mass is 32.2. The zero-order chi connectivity index (χ0) is 15.5. The van der Waals surface area contributed by atoms with Gasteiger partial charge >= 0.3 is 0 Å². The monoisotopic (exact) mass is 298 g/mol. The minimum absolute atomic E-state index is 0.166. The van der Waals surface area contributed by atoms with Gasteiger partial charge in [0.15, 0.2) is 5.78 Å². The van der Waals surface area contributed by atoms with Crippen LogP contribution in [0.5, 0.6) is 0 Å². The van der Waals surface area contributed by atoms with Gasteiger partial charge in [-0.2, -0.15) is 0 Å². The van der Waals surface area contributed by atoms with Crippen molar-refractivity contribution in [3.05, 3.63) is 59.7 Å². The number of ketones is 1. The van der Waals surface area contributed by atoms with E-state index in [0.717, 1.165) is 10.5 Å². The van der Waals surface area contributed by atoms with E-state index in [2.05, 4.69) is 45.0 Å². The van der Waals surface area contributed by atoms with Gasteiger partial charge in [0, 0.05) is 21.8 Å². The molecule has 0 aliphatic heterocycles. The van der Waals surface area contributed by atoms with Crippen LogP contribution in [0.3, 0.4) is 0 Å². The van der Waals surface area contributed by atoms with E-state index in [4.69, 9.17) is 0 Å². The predicted molar refractivity (Wildman–Crippen MR) is 90.3 cm³/mol. The summed E-state index contributed by atoms with van der Waals surface area (Å²) in [6, 6.07) is 16.5. The number of hydrogen-bond acceptors (Lipinski definition) is 2. The number of hydrogen-bond donors (Lipinski definition) is 0. The van der Waals surface area contributed by atoms with E-state index < -0.39 is 0 Å². The van der Waals surface area contributed by atoms with Crippen molar-refractivity contribution in [3.63, 3.8) is 0 Å². The van der Waals surface area contributed by atoms with Gasteiger partial charge in [0.25, 0.3) is 0 Å². The zero-order valence-corrected chi connectivity index (χ0v) is 14.0. The van der Waals surface area contributed by atoms with Crippen LogP contribution in [0.1, 0.15) is 50.0 Å². The lowest BCUT2D eigenvalue weighted by atomic mass is 9.87. The molecule has 0 aromatic heterocycles. The first-order valence-electron chi connectivity index (χ1n) is 7.32. The molecule has 0 atom stereocenters. The second kappa shape index (κ2) is 6.48. The van der Waals surface area contributed by atoms with Crippen LogP contribution in [0, 0.1) is 0 Å². The summed E-state index contributed by atoms with van der Waals surface area (Å²) in [5.74, 6) is 0.199. The Morgan fingerprint density at radius 2 is 1.62 bits per heavy atom. The number of rotatable bonds is 4. The Morgan fingerprint density at radius 1 is 1.00 bits per heavy atom. The maximum atomic E-state index is 12.0. The maximum absolute atomic E-state index is 12.0. The first-order valence-corrected chi connectivity index (χ1v) is 8.14. The predicted octanol–water partition coefficient (Wildman–Crippen LogP) is 5.73. The van der Waals surface area contributed by atoms with Crippen LogP contribution < -0.4 is 0 Å². The van der Waals surface area contributed by atoms with Crippen molar-refractivity contribution in [2.45, 2.75) is 49.3 Å². The van der Waals surface area contributed by atoms with Crippen LogP contribution in [-0.4, -0.2) is 5.78 Å². The maximum Gasteiger partial charge on any atom is 0.163 e. The topological polar surface area (TPSA) is 17.1 Å². The smallest absolute Gasteiger partial charge is 0.163 e. The lowest BCUT2D eigenvalue weighted by molar-refractivity contribution is 0.0985. The van der Waals surface area contributed by atoms with Gasteiger partial charge in [0.2, 0.25) is 0 Å². The molecule has 2 heteroatoms. The lowest BCUT2D eigenvalue weighted by Gasteiger charge is -2.19. The molecule has 0 saturated heterocycles. The molecule has 21 heavy (non-hydrogen) atoms. The van der Waals surface area contributed by atoms with Gasteiger partial charge in [0.05, 0.1) is 0 Å². The van der Waals surface area contributed by atoms with Crippen molar-refractivity contribution < 1.29 is 4.79 Å². The van der Waals surface area contributed by atoms with Crippen molar-refractivity contribution in [3.8, 4) is 0 Å². The summed E-state index contributed by atoms with van der Waals surface area (Å²) in [4.78, 5) is 14.2. The molecule has 0 fully saturated rings. The average molecular weight is 298 g/mol. The van der Waals surface area contributed by atoms with Crippen LogP contribution in [0.2, 0.25) is 0 Å². The molecule has 1 nitrogen and oxygen atoms in total. The SMILES string of the molecule is CCC(=O)c1ccccc1Sc1ccc(C(C)(C)C)cc1. The Labute approximate surface area is 131 Å². The number of carbonyl (C=O) groups excluding carboxylic acids is 1. The molecule has 0 aliphatic carbocycles. The van der Waals surface area contributed by atoms with E-state index in [1.165, 1.54) is 10.5 Å². The van der Waals surface area contributed by atoms with Crippen molar-refractivity contribution >= 4 is 17.5 Å². The van der Waals surface area contributed by atoms with E-state index in [0.29, 0.717) is 6.42 Å². The molecule has 0 bridgehead atoms. The fourth-order valence-electron chi connectivity index (χ4n) is 2.13. The summed E-state index contributed by atoms with van der Waals surface area (Å²) in [5.41, 5.74) is 2.31. The molecule has 0 spiro atoms. The van der Waals surface area contributed by atoms with Gasteiger partial charge in [-0.05, 0) is 29.2 Å². The summed E-state index contributed by atoms with van der Waals surface area (Å²) in [7, 11) is 0. The Balaban J connectivity index is 2.25. The molecule has 2 aromatic rings. The Kier molecular flexibility index (Phi) is 4.89. The fraction of sp³-hybridized carbons (Fsp3) is 0.316. The van der Waals surface area contributed by atoms with Crippen LogP contribution in [0.25, 0.3) is 0 Å². The minimum atomic E-state index is 0.166. The first-order chi connectivity index (χ1) is 9.91. The molecule has 110 valence electrons. The summed E-state index contributed by atoms with van der Waals surface area (Å²) < 4.78 is 0. The number of Topliss-reactive ketones (excluding diaryl/α,β-unsaturated/α-hetero) is 1. The molecule has 0 aliphatic rings. The normalized spacial score (nSPS) is 11.4. The fourth-order valence-corrected chi connectivity index (χ4v) is 3.09. The third kappa shape index (κ3) is 3.98. The minimum Gasteiger partial charge on any atom is -0.294 e. The van der Waals surface area contributed by atoms with Crippen molar-refractivity contribution in [1.82, 2.24) is 0 Å². The van der Waals surface area contributed by atoms with E-state index in [9.17, 15) is 4.79 Å². The molecule has 0 saturated carbocycles. The van der Waals surface area contributed by atoms with Gasteiger partial charge < -0.3 is 0 Å². The number of carbonyl (C=O) groups is 1.